The van der Waals surface area contributed by atoms with Crippen molar-refractivity contribution in [3.05, 3.63) is 65.7 Å². The molecule has 2 heterocycles. The summed E-state index contributed by atoms with van der Waals surface area (Å²) in [5.74, 6) is -0.0138. The largest absolute Gasteiger partial charge is 0.465 e. The molecule has 1 saturated heterocycles. The molecule has 0 bridgehead atoms. The van der Waals surface area contributed by atoms with Crippen LogP contribution in [-0.4, -0.2) is 49.1 Å². The molecular formula is C25H30N2O3. The maximum atomic E-state index is 13.1. The third-order valence-electron chi connectivity index (χ3n) is 6.54. The first-order valence-electron chi connectivity index (χ1n) is 10.9. The summed E-state index contributed by atoms with van der Waals surface area (Å²) in [6.45, 7) is 6.11. The van der Waals surface area contributed by atoms with Crippen LogP contribution in [0.4, 0.5) is 5.69 Å². The minimum Gasteiger partial charge on any atom is -0.465 e. The number of hydrogen-bond donors (Lipinski definition) is 0. The molecule has 2 aliphatic heterocycles. The zero-order valence-electron chi connectivity index (χ0n) is 17.8. The number of benzene rings is 2. The number of amides is 1. The van der Waals surface area contributed by atoms with Crippen LogP contribution < -0.4 is 4.90 Å². The van der Waals surface area contributed by atoms with E-state index in [2.05, 4.69) is 17.9 Å². The van der Waals surface area contributed by atoms with Gasteiger partial charge < -0.3 is 9.64 Å². The van der Waals surface area contributed by atoms with Crippen molar-refractivity contribution in [3.63, 3.8) is 0 Å². The van der Waals surface area contributed by atoms with Crippen molar-refractivity contribution in [1.82, 2.24) is 4.90 Å². The predicted molar refractivity (Wildman–Crippen MR) is 118 cm³/mol. The van der Waals surface area contributed by atoms with Gasteiger partial charge in [-0.15, -0.1) is 0 Å². The molecule has 2 aliphatic rings. The average Bonchev–Trinajstić information content (AvgIpc) is 3.11. The van der Waals surface area contributed by atoms with Crippen LogP contribution in [0.3, 0.4) is 0 Å². The minimum absolute atomic E-state index is 0.135. The molecule has 0 saturated carbocycles. The number of piperidine rings is 1. The Morgan fingerprint density at radius 1 is 1.03 bits per heavy atom. The molecular weight excluding hydrogens is 376 g/mol. The van der Waals surface area contributed by atoms with Gasteiger partial charge in [0.15, 0.2) is 0 Å². The number of carbonyl (C=O) groups is 2. The van der Waals surface area contributed by atoms with Gasteiger partial charge >= 0.3 is 5.97 Å². The van der Waals surface area contributed by atoms with E-state index >= 15 is 0 Å². The second-order valence-electron chi connectivity index (χ2n) is 8.39. The van der Waals surface area contributed by atoms with E-state index in [1.165, 1.54) is 5.56 Å². The number of para-hydroxylation sites is 1. The van der Waals surface area contributed by atoms with Crippen molar-refractivity contribution in [3.8, 4) is 0 Å². The number of likely N-dealkylation sites (tertiary alicyclic amines) is 1. The number of ether oxygens (including phenoxy) is 1. The summed E-state index contributed by atoms with van der Waals surface area (Å²) in [5, 5.41) is 0. The Morgan fingerprint density at radius 2 is 1.70 bits per heavy atom. The van der Waals surface area contributed by atoms with Crippen LogP contribution in [0.1, 0.15) is 37.8 Å². The first kappa shape index (κ1) is 20.6. The van der Waals surface area contributed by atoms with E-state index in [0.29, 0.717) is 39.1 Å². The Kier molecular flexibility index (Phi) is 5.91. The van der Waals surface area contributed by atoms with Crippen molar-refractivity contribution >= 4 is 17.6 Å². The standard InChI is InChI=1S/C25H30N2O3/c1-3-30-24(29)25(21-10-5-4-6-11-21)13-15-26(16-14-25)18-23(28)27-19(2)17-20-9-7-8-12-22(20)27/h4-12,19H,3,13-18H2,1-2H3/t19-/m0/s1. The van der Waals surface area contributed by atoms with Crippen LogP contribution in [0.5, 0.6) is 0 Å². The van der Waals surface area contributed by atoms with Crippen molar-refractivity contribution in [2.24, 2.45) is 0 Å². The van der Waals surface area contributed by atoms with E-state index in [-0.39, 0.29) is 17.9 Å². The molecule has 0 spiro atoms. The molecule has 30 heavy (non-hydrogen) atoms. The van der Waals surface area contributed by atoms with E-state index in [9.17, 15) is 9.59 Å². The van der Waals surface area contributed by atoms with Crippen LogP contribution in [0, 0.1) is 0 Å². The lowest BCUT2D eigenvalue weighted by molar-refractivity contribution is -0.152. The van der Waals surface area contributed by atoms with Crippen LogP contribution in [-0.2, 0) is 26.2 Å². The molecule has 5 nitrogen and oxygen atoms in total. The number of anilines is 1. The lowest BCUT2D eigenvalue weighted by Gasteiger charge is -2.40. The lowest BCUT2D eigenvalue weighted by atomic mass is 9.72. The number of nitrogens with zero attached hydrogens (tertiary/aromatic N) is 2. The highest BCUT2D eigenvalue weighted by Gasteiger charge is 2.44. The SMILES string of the molecule is CCOC(=O)C1(c2ccccc2)CCN(CC(=O)N2c3ccccc3C[C@@H]2C)CC1. The molecule has 1 fully saturated rings. The molecule has 1 amide bonds. The van der Waals surface area contributed by atoms with Crippen molar-refractivity contribution in [2.45, 2.75) is 44.6 Å². The summed E-state index contributed by atoms with van der Waals surface area (Å²) in [6, 6.07) is 18.3. The maximum Gasteiger partial charge on any atom is 0.316 e. The van der Waals surface area contributed by atoms with Crippen molar-refractivity contribution in [2.75, 3.05) is 31.1 Å². The van der Waals surface area contributed by atoms with Gasteiger partial charge in [0, 0.05) is 24.8 Å². The second kappa shape index (κ2) is 8.60. The minimum atomic E-state index is -0.621. The van der Waals surface area contributed by atoms with E-state index in [0.717, 1.165) is 17.7 Å². The van der Waals surface area contributed by atoms with Gasteiger partial charge in [0.05, 0.1) is 18.6 Å². The Balaban J connectivity index is 1.46. The Labute approximate surface area is 178 Å². The van der Waals surface area contributed by atoms with E-state index in [1.54, 1.807) is 0 Å². The summed E-state index contributed by atoms with van der Waals surface area (Å²) < 4.78 is 5.46. The van der Waals surface area contributed by atoms with Crippen molar-refractivity contribution in [1.29, 1.82) is 0 Å². The zero-order valence-corrected chi connectivity index (χ0v) is 17.8. The number of fused-ring (bicyclic) bond motifs is 1. The molecule has 4 rings (SSSR count). The summed E-state index contributed by atoms with van der Waals surface area (Å²) in [5.41, 5.74) is 2.67. The third kappa shape index (κ3) is 3.74. The summed E-state index contributed by atoms with van der Waals surface area (Å²) in [4.78, 5) is 30.2. The highest BCUT2D eigenvalue weighted by molar-refractivity contribution is 5.97. The fourth-order valence-electron chi connectivity index (χ4n) is 4.94. The van der Waals surface area contributed by atoms with Crippen LogP contribution in [0.2, 0.25) is 0 Å². The van der Waals surface area contributed by atoms with Crippen molar-refractivity contribution < 1.29 is 14.3 Å². The third-order valence-corrected chi connectivity index (χ3v) is 6.54. The smallest absolute Gasteiger partial charge is 0.316 e. The van der Waals surface area contributed by atoms with Gasteiger partial charge in [-0.2, -0.15) is 0 Å². The highest BCUT2D eigenvalue weighted by Crippen LogP contribution is 2.37. The molecule has 0 unspecified atom stereocenters. The lowest BCUT2D eigenvalue weighted by Crippen LogP contribution is -2.51. The number of esters is 1. The van der Waals surface area contributed by atoms with Gasteiger partial charge in [-0.05, 0) is 50.3 Å². The predicted octanol–water partition coefficient (Wildman–Crippen LogP) is 3.56. The Bertz CT molecular complexity index is 904. The number of carbonyl (C=O) groups excluding carboxylic acids is 2. The second-order valence-corrected chi connectivity index (χ2v) is 8.39. The topological polar surface area (TPSA) is 49.9 Å². The Hall–Kier alpha value is -2.66. The van der Waals surface area contributed by atoms with E-state index in [4.69, 9.17) is 4.74 Å². The molecule has 1 atom stereocenters. The van der Waals surface area contributed by atoms with Crippen LogP contribution >= 0.6 is 0 Å². The van der Waals surface area contributed by atoms with Crippen LogP contribution in [0.15, 0.2) is 54.6 Å². The summed E-state index contributed by atoms with van der Waals surface area (Å²) >= 11 is 0. The normalized spacial score (nSPS) is 20.6. The molecule has 158 valence electrons. The number of hydrogen-bond acceptors (Lipinski definition) is 4. The van der Waals surface area contributed by atoms with Crippen LogP contribution in [0.25, 0.3) is 0 Å². The van der Waals surface area contributed by atoms with E-state index in [1.807, 2.05) is 60.4 Å². The quantitative estimate of drug-likeness (QED) is 0.713. The van der Waals surface area contributed by atoms with Gasteiger partial charge in [-0.1, -0.05) is 48.5 Å². The van der Waals surface area contributed by atoms with Gasteiger partial charge in [0.2, 0.25) is 5.91 Å². The van der Waals surface area contributed by atoms with E-state index < -0.39 is 5.41 Å². The summed E-state index contributed by atoms with van der Waals surface area (Å²) in [7, 11) is 0. The highest BCUT2D eigenvalue weighted by atomic mass is 16.5. The first-order chi connectivity index (χ1) is 14.5. The Morgan fingerprint density at radius 3 is 2.40 bits per heavy atom. The molecule has 0 aliphatic carbocycles. The molecule has 5 heteroatoms. The van der Waals surface area contributed by atoms with Gasteiger partial charge in [0.25, 0.3) is 0 Å². The molecule has 0 N–H and O–H groups in total. The molecule has 0 radical (unpaired) electrons. The number of rotatable bonds is 5. The monoisotopic (exact) mass is 406 g/mol. The summed E-state index contributed by atoms with van der Waals surface area (Å²) in [6.07, 6.45) is 2.23. The molecule has 0 aromatic heterocycles. The first-order valence-corrected chi connectivity index (χ1v) is 10.9. The fraction of sp³-hybridized carbons (Fsp3) is 0.440. The van der Waals surface area contributed by atoms with Gasteiger partial charge in [0.1, 0.15) is 0 Å². The van der Waals surface area contributed by atoms with Gasteiger partial charge in [-0.3, -0.25) is 14.5 Å². The molecule has 2 aromatic carbocycles. The fourth-order valence-corrected chi connectivity index (χ4v) is 4.94. The zero-order chi connectivity index (χ0) is 21.1. The average molecular weight is 407 g/mol. The maximum absolute atomic E-state index is 13.1. The molecule has 2 aromatic rings. The van der Waals surface area contributed by atoms with Gasteiger partial charge in [-0.25, -0.2) is 0 Å².